The number of hydrogen-bond acceptors (Lipinski definition) is 2. The summed E-state index contributed by atoms with van der Waals surface area (Å²) in [5.41, 5.74) is -1.57. The molecule has 0 aromatic heterocycles. The molecule has 2 N–H and O–H groups in total. The van der Waals surface area contributed by atoms with Crippen LogP contribution in [0.5, 0.6) is 0 Å². The first-order valence-corrected chi connectivity index (χ1v) is 9.22. The molecule has 1 unspecified atom stereocenters. The molecule has 2 aromatic carbocycles. The predicted octanol–water partition coefficient (Wildman–Crippen LogP) is 5.80. The Balaban J connectivity index is 2.38. The summed E-state index contributed by atoms with van der Waals surface area (Å²) >= 11 is 5.72. The number of carboxylic acid groups (broad SMARTS) is 1. The van der Waals surface area contributed by atoms with Gasteiger partial charge in [-0.1, -0.05) is 17.7 Å². The molecular weight excluding hydrogens is 452 g/mol. The Bertz CT molecular complexity index is 941. The van der Waals surface area contributed by atoms with Gasteiger partial charge in [0.15, 0.2) is 6.04 Å². The molecule has 2 rings (SSSR count). The van der Waals surface area contributed by atoms with Crippen LogP contribution in [-0.2, 0) is 17.4 Å². The minimum Gasteiger partial charge on any atom is -0.479 e. The summed E-state index contributed by atoms with van der Waals surface area (Å²) in [6, 6.07) is 5.70. The van der Waals surface area contributed by atoms with E-state index in [0.717, 1.165) is 6.07 Å². The Hall–Kier alpha value is -2.75. The molecule has 0 bridgehead atoms. The van der Waals surface area contributed by atoms with Gasteiger partial charge in [0.05, 0.1) is 5.56 Å². The largest absolute Gasteiger partial charge is 0.479 e. The Kier molecular flexibility index (Phi) is 7.58. The van der Waals surface area contributed by atoms with E-state index in [0.29, 0.717) is 17.2 Å². The fraction of sp³-hybridized carbons (Fsp3) is 0.300. The van der Waals surface area contributed by atoms with E-state index in [1.807, 2.05) is 0 Å². The molecule has 0 aliphatic heterocycles. The van der Waals surface area contributed by atoms with Gasteiger partial charge in [0.2, 0.25) is 0 Å². The molecule has 0 saturated carbocycles. The highest BCUT2D eigenvalue weighted by atomic mass is 35.5. The van der Waals surface area contributed by atoms with E-state index in [1.54, 1.807) is 0 Å². The maximum Gasteiger partial charge on any atom is 0.416 e. The van der Waals surface area contributed by atoms with Crippen molar-refractivity contribution in [1.82, 2.24) is 5.32 Å². The van der Waals surface area contributed by atoms with Crippen molar-refractivity contribution in [3.05, 3.63) is 69.7 Å². The Labute approximate surface area is 177 Å². The van der Waals surface area contributed by atoms with Gasteiger partial charge in [-0.05, 0) is 60.4 Å². The van der Waals surface area contributed by atoms with Crippen LogP contribution in [0.25, 0.3) is 0 Å². The monoisotopic (exact) mass is 467 g/mol. The molecule has 0 heterocycles. The molecule has 0 aliphatic carbocycles. The standard InChI is InChI=1S/C20H16ClF6NO3/c21-14-6-3-11(4-7-14)17(29)28-16(18(30)31)15-8-5-13(20(25,26)27)10-12(15)2-1-9-19(22,23)24/h3-8,10,16H,1-2,9H2,(H,28,29)(H,30,31). The number of carbonyl (C=O) groups excluding carboxylic acids is 1. The lowest BCUT2D eigenvalue weighted by Gasteiger charge is -2.20. The second-order valence-corrected chi connectivity index (χ2v) is 7.07. The molecule has 0 fully saturated rings. The lowest BCUT2D eigenvalue weighted by molar-refractivity contribution is -0.139. The third-order valence-electron chi connectivity index (χ3n) is 4.32. The van der Waals surface area contributed by atoms with E-state index >= 15 is 0 Å². The van der Waals surface area contributed by atoms with Crippen molar-refractivity contribution in [3.8, 4) is 0 Å². The molecule has 31 heavy (non-hydrogen) atoms. The van der Waals surface area contributed by atoms with Gasteiger partial charge < -0.3 is 10.4 Å². The summed E-state index contributed by atoms with van der Waals surface area (Å²) in [5.74, 6) is -2.43. The highest BCUT2D eigenvalue weighted by molar-refractivity contribution is 6.30. The number of alkyl halides is 6. The highest BCUT2D eigenvalue weighted by Crippen LogP contribution is 2.33. The number of nitrogens with one attached hydrogen (secondary N) is 1. The first kappa shape index (κ1) is 24.5. The third kappa shape index (κ3) is 7.16. The van der Waals surface area contributed by atoms with Gasteiger partial charge in [-0.3, -0.25) is 4.79 Å². The molecule has 0 spiro atoms. The molecule has 1 amide bonds. The van der Waals surface area contributed by atoms with Gasteiger partial charge in [0, 0.05) is 17.0 Å². The van der Waals surface area contributed by atoms with Crippen LogP contribution in [0, 0.1) is 0 Å². The fourth-order valence-corrected chi connectivity index (χ4v) is 2.97. The Morgan fingerprint density at radius 2 is 1.61 bits per heavy atom. The van der Waals surface area contributed by atoms with Crippen LogP contribution in [0.1, 0.15) is 45.9 Å². The Morgan fingerprint density at radius 1 is 1.00 bits per heavy atom. The second-order valence-electron chi connectivity index (χ2n) is 6.63. The first-order chi connectivity index (χ1) is 14.3. The zero-order chi connectivity index (χ0) is 23.4. The zero-order valence-corrected chi connectivity index (χ0v) is 16.4. The van der Waals surface area contributed by atoms with Crippen LogP contribution < -0.4 is 5.32 Å². The predicted molar refractivity (Wildman–Crippen MR) is 99.7 cm³/mol. The van der Waals surface area contributed by atoms with Crippen molar-refractivity contribution >= 4 is 23.5 Å². The smallest absolute Gasteiger partial charge is 0.416 e. The molecule has 168 valence electrons. The highest BCUT2D eigenvalue weighted by Gasteiger charge is 2.33. The Morgan fingerprint density at radius 3 is 2.13 bits per heavy atom. The topological polar surface area (TPSA) is 66.4 Å². The average Bonchev–Trinajstić information content (AvgIpc) is 2.64. The molecule has 1 atom stereocenters. The summed E-state index contributed by atoms with van der Waals surface area (Å²) in [6.45, 7) is 0. The van der Waals surface area contributed by atoms with Crippen molar-refractivity contribution < 1.29 is 41.0 Å². The number of hydrogen-bond donors (Lipinski definition) is 2. The van der Waals surface area contributed by atoms with Gasteiger partial charge in [-0.2, -0.15) is 26.3 Å². The fourth-order valence-electron chi connectivity index (χ4n) is 2.85. The number of carbonyl (C=O) groups is 2. The van der Waals surface area contributed by atoms with Gasteiger partial charge in [0.1, 0.15) is 0 Å². The maximum atomic E-state index is 13.1. The lowest BCUT2D eigenvalue weighted by Crippen LogP contribution is -2.34. The van der Waals surface area contributed by atoms with Crippen LogP contribution in [0.2, 0.25) is 5.02 Å². The van der Waals surface area contributed by atoms with Gasteiger partial charge in [0.25, 0.3) is 5.91 Å². The van der Waals surface area contributed by atoms with Gasteiger partial charge in [-0.25, -0.2) is 4.79 Å². The summed E-state index contributed by atoms with van der Waals surface area (Å²) in [7, 11) is 0. The zero-order valence-electron chi connectivity index (χ0n) is 15.6. The van der Waals surface area contributed by atoms with E-state index in [1.165, 1.54) is 24.3 Å². The summed E-state index contributed by atoms with van der Waals surface area (Å²) in [4.78, 5) is 24.1. The molecular formula is C20H16ClF6NO3. The van der Waals surface area contributed by atoms with Crippen molar-refractivity contribution in [2.75, 3.05) is 0 Å². The van der Waals surface area contributed by atoms with Crippen LogP contribution >= 0.6 is 11.6 Å². The van der Waals surface area contributed by atoms with E-state index < -0.39 is 55.1 Å². The lowest BCUT2D eigenvalue weighted by atomic mass is 9.93. The number of benzene rings is 2. The van der Waals surface area contributed by atoms with Crippen molar-refractivity contribution in [2.45, 2.75) is 37.7 Å². The normalized spacial score (nSPS) is 13.0. The summed E-state index contributed by atoms with van der Waals surface area (Å²) < 4.78 is 76.6. The number of halogens is 7. The molecule has 4 nitrogen and oxygen atoms in total. The summed E-state index contributed by atoms with van der Waals surface area (Å²) in [6.07, 6.45) is -11.6. The van der Waals surface area contributed by atoms with Crippen molar-refractivity contribution in [2.24, 2.45) is 0 Å². The van der Waals surface area contributed by atoms with Crippen molar-refractivity contribution in [3.63, 3.8) is 0 Å². The quantitative estimate of drug-likeness (QED) is 0.506. The van der Waals surface area contributed by atoms with Crippen LogP contribution in [0.4, 0.5) is 26.3 Å². The second kappa shape index (κ2) is 9.59. The number of rotatable bonds is 7. The van der Waals surface area contributed by atoms with E-state index in [9.17, 15) is 41.0 Å². The van der Waals surface area contributed by atoms with Gasteiger partial charge >= 0.3 is 18.3 Å². The van der Waals surface area contributed by atoms with Gasteiger partial charge in [-0.15, -0.1) is 0 Å². The van der Waals surface area contributed by atoms with Crippen LogP contribution in [0.3, 0.4) is 0 Å². The molecule has 2 aromatic rings. The number of carboxylic acids is 1. The molecule has 0 saturated heterocycles. The van der Waals surface area contributed by atoms with E-state index in [2.05, 4.69) is 5.32 Å². The minimum atomic E-state index is -4.78. The first-order valence-electron chi connectivity index (χ1n) is 8.84. The van der Waals surface area contributed by atoms with Crippen LogP contribution in [0.15, 0.2) is 42.5 Å². The molecule has 0 radical (unpaired) electrons. The average molecular weight is 468 g/mol. The van der Waals surface area contributed by atoms with Crippen molar-refractivity contribution in [1.29, 1.82) is 0 Å². The van der Waals surface area contributed by atoms with E-state index in [-0.39, 0.29) is 16.7 Å². The minimum absolute atomic E-state index is 0.0428. The number of aryl methyl sites for hydroxylation is 1. The van der Waals surface area contributed by atoms with E-state index in [4.69, 9.17) is 11.6 Å². The third-order valence-corrected chi connectivity index (χ3v) is 4.57. The number of amides is 1. The van der Waals surface area contributed by atoms with Crippen LogP contribution in [-0.4, -0.2) is 23.2 Å². The SMILES string of the molecule is O=C(NC(C(=O)O)c1ccc(C(F)(F)F)cc1CCCC(F)(F)F)c1ccc(Cl)cc1. The summed E-state index contributed by atoms with van der Waals surface area (Å²) in [5, 5.41) is 12.0. The molecule has 11 heteroatoms. The molecule has 0 aliphatic rings. The maximum absolute atomic E-state index is 13.1. The number of aliphatic carboxylic acids is 1.